The van der Waals surface area contributed by atoms with Gasteiger partial charge in [-0.05, 0) is 32.4 Å². The second-order valence-corrected chi connectivity index (χ2v) is 5.41. The highest BCUT2D eigenvalue weighted by Crippen LogP contribution is 2.25. The maximum Gasteiger partial charge on any atom is 0.245 e. The lowest BCUT2D eigenvalue weighted by Crippen LogP contribution is -2.34. The van der Waals surface area contributed by atoms with Gasteiger partial charge in [-0.2, -0.15) is 4.98 Å². The minimum absolute atomic E-state index is 0.473. The molecule has 7 heteroatoms. The van der Waals surface area contributed by atoms with E-state index in [9.17, 15) is 0 Å². The average molecular weight is 276 g/mol. The van der Waals surface area contributed by atoms with Crippen LogP contribution in [0.3, 0.4) is 0 Å². The molecule has 0 aliphatic carbocycles. The summed E-state index contributed by atoms with van der Waals surface area (Å²) >= 11 is 0. The first-order valence-electron chi connectivity index (χ1n) is 6.88. The zero-order chi connectivity index (χ0) is 14.1. The van der Waals surface area contributed by atoms with Crippen molar-refractivity contribution in [3.63, 3.8) is 0 Å². The molecule has 20 heavy (non-hydrogen) atoms. The van der Waals surface area contributed by atoms with Crippen LogP contribution in [-0.2, 0) is 6.54 Å². The molecule has 2 aromatic heterocycles. The molecule has 1 atom stereocenters. The maximum absolute atomic E-state index is 6.04. The molecule has 7 nitrogen and oxygen atoms in total. The Morgan fingerprint density at radius 2 is 2.30 bits per heavy atom. The fourth-order valence-electron chi connectivity index (χ4n) is 2.94. The number of piperidine rings is 1. The van der Waals surface area contributed by atoms with Gasteiger partial charge < -0.3 is 15.4 Å². The van der Waals surface area contributed by atoms with Gasteiger partial charge in [0.1, 0.15) is 6.33 Å². The van der Waals surface area contributed by atoms with Crippen LogP contribution in [-0.4, -0.2) is 51.7 Å². The molecule has 0 amide bonds. The Labute approximate surface area is 117 Å². The highest BCUT2D eigenvalue weighted by atomic mass is 16.5. The number of methoxy groups -OCH3 is 1. The molecule has 2 aromatic rings. The van der Waals surface area contributed by atoms with E-state index in [1.807, 2.05) is 4.57 Å². The molecule has 0 radical (unpaired) electrons. The van der Waals surface area contributed by atoms with E-state index < -0.39 is 0 Å². The molecule has 1 aliphatic rings. The van der Waals surface area contributed by atoms with Crippen LogP contribution in [0.5, 0.6) is 5.88 Å². The van der Waals surface area contributed by atoms with Crippen LogP contribution in [0, 0.1) is 5.92 Å². The molecule has 1 saturated heterocycles. The molecule has 0 bridgehead atoms. The zero-order valence-corrected chi connectivity index (χ0v) is 11.9. The third-order valence-electron chi connectivity index (χ3n) is 3.88. The summed E-state index contributed by atoms with van der Waals surface area (Å²) in [6.45, 7) is 3.10. The SMILES string of the molecule is COc1ncnc2c1nc(N)n2CC1CCCN(C)C1. The second kappa shape index (κ2) is 5.24. The molecule has 3 rings (SSSR count). The van der Waals surface area contributed by atoms with Crippen molar-refractivity contribution < 1.29 is 4.74 Å². The Hall–Kier alpha value is -1.89. The summed E-state index contributed by atoms with van der Waals surface area (Å²) < 4.78 is 7.19. The summed E-state index contributed by atoms with van der Waals surface area (Å²) in [6.07, 6.45) is 3.93. The Morgan fingerprint density at radius 1 is 1.45 bits per heavy atom. The third kappa shape index (κ3) is 2.29. The molecular weight excluding hydrogens is 256 g/mol. The van der Waals surface area contributed by atoms with E-state index in [1.165, 1.54) is 25.7 Å². The number of ether oxygens (including phenoxy) is 1. The smallest absolute Gasteiger partial charge is 0.245 e. The van der Waals surface area contributed by atoms with Gasteiger partial charge in [-0.3, -0.25) is 4.57 Å². The predicted octanol–water partition coefficient (Wildman–Crippen LogP) is 0.759. The number of hydrogen-bond acceptors (Lipinski definition) is 6. The quantitative estimate of drug-likeness (QED) is 0.891. The molecular formula is C13H20N6O. The molecule has 2 N–H and O–H groups in total. The summed E-state index contributed by atoms with van der Waals surface area (Å²) in [5, 5.41) is 0. The van der Waals surface area contributed by atoms with Gasteiger partial charge in [0.15, 0.2) is 11.2 Å². The monoisotopic (exact) mass is 276 g/mol. The Kier molecular flexibility index (Phi) is 3.43. The fraction of sp³-hybridized carbons (Fsp3) is 0.615. The first-order chi connectivity index (χ1) is 9.69. The Bertz CT molecular complexity index is 610. The predicted molar refractivity (Wildman–Crippen MR) is 76.5 cm³/mol. The Balaban J connectivity index is 1.93. The van der Waals surface area contributed by atoms with Crippen LogP contribution in [0.25, 0.3) is 11.2 Å². The van der Waals surface area contributed by atoms with Crippen LogP contribution < -0.4 is 10.5 Å². The first-order valence-corrected chi connectivity index (χ1v) is 6.88. The average Bonchev–Trinajstić information content (AvgIpc) is 2.75. The van der Waals surface area contributed by atoms with Crippen molar-refractivity contribution in [1.29, 1.82) is 0 Å². The van der Waals surface area contributed by atoms with Crippen molar-refractivity contribution in [2.75, 3.05) is 33.0 Å². The van der Waals surface area contributed by atoms with Gasteiger partial charge >= 0.3 is 0 Å². The van der Waals surface area contributed by atoms with Crippen LogP contribution in [0.4, 0.5) is 5.95 Å². The summed E-state index contributed by atoms with van der Waals surface area (Å²) in [6, 6.07) is 0. The van der Waals surface area contributed by atoms with E-state index in [-0.39, 0.29) is 0 Å². The number of nitrogens with zero attached hydrogens (tertiary/aromatic N) is 5. The van der Waals surface area contributed by atoms with Crippen LogP contribution in [0.15, 0.2) is 6.33 Å². The van der Waals surface area contributed by atoms with E-state index in [0.29, 0.717) is 23.3 Å². The lowest BCUT2D eigenvalue weighted by atomic mass is 9.98. The number of rotatable bonds is 3. The molecule has 108 valence electrons. The highest BCUT2D eigenvalue weighted by molar-refractivity contribution is 5.78. The van der Waals surface area contributed by atoms with Crippen molar-refractivity contribution in [1.82, 2.24) is 24.4 Å². The van der Waals surface area contributed by atoms with Crippen molar-refractivity contribution in [2.24, 2.45) is 5.92 Å². The summed E-state index contributed by atoms with van der Waals surface area (Å²) in [5.41, 5.74) is 7.43. The van der Waals surface area contributed by atoms with E-state index >= 15 is 0 Å². The van der Waals surface area contributed by atoms with Crippen molar-refractivity contribution >= 4 is 17.1 Å². The van der Waals surface area contributed by atoms with Gasteiger partial charge in [-0.25, -0.2) is 9.97 Å². The number of aromatic nitrogens is 4. The number of anilines is 1. The maximum atomic E-state index is 6.04. The van der Waals surface area contributed by atoms with E-state index in [0.717, 1.165) is 18.7 Å². The molecule has 3 heterocycles. The lowest BCUT2D eigenvalue weighted by Gasteiger charge is -2.30. The number of nitrogens with two attached hydrogens (primary N) is 1. The molecule has 1 fully saturated rings. The van der Waals surface area contributed by atoms with Gasteiger partial charge in [0.2, 0.25) is 11.8 Å². The molecule has 0 aromatic carbocycles. The van der Waals surface area contributed by atoms with Crippen molar-refractivity contribution in [2.45, 2.75) is 19.4 Å². The summed E-state index contributed by atoms with van der Waals surface area (Å²) in [7, 11) is 3.74. The van der Waals surface area contributed by atoms with Crippen LogP contribution in [0.1, 0.15) is 12.8 Å². The Morgan fingerprint density at radius 3 is 3.05 bits per heavy atom. The largest absolute Gasteiger partial charge is 0.479 e. The topological polar surface area (TPSA) is 82.1 Å². The number of hydrogen-bond donors (Lipinski definition) is 1. The standard InChI is InChI=1S/C13H20N6O/c1-18-5-3-4-9(6-18)7-19-11-10(17-13(19)14)12(20-2)16-8-15-11/h8-9H,3-7H2,1-2H3,(H2,14,17). The van der Waals surface area contributed by atoms with Crippen molar-refractivity contribution in [3.8, 4) is 5.88 Å². The van der Waals surface area contributed by atoms with Gasteiger partial charge in [0, 0.05) is 13.1 Å². The van der Waals surface area contributed by atoms with E-state index in [2.05, 4.69) is 26.9 Å². The van der Waals surface area contributed by atoms with Gasteiger partial charge in [0.25, 0.3) is 0 Å². The highest BCUT2D eigenvalue weighted by Gasteiger charge is 2.21. The molecule has 0 spiro atoms. The number of fused-ring (bicyclic) bond motifs is 1. The number of nitrogen functional groups attached to an aromatic ring is 1. The summed E-state index contributed by atoms with van der Waals surface area (Å²) in [4.78, 5) is 15.1. The van der Waals surface area contributed by atoms with Crippen molar-refractivity contribution in [3.05, 3.63) is 6.33 Å². The zero-order valence-electron chi connectivity index (χ0n) is 11.9. The van der Waals surface area contributed by atoms with Gasteiger partial charge in [0.05, 0.1) is 7.11 Å². The normalized spacial score (nSPS) is 20.4. The fourth-order valence-corrected chi connectivity index (χ4v) is 2.94. The van der Waals surface area contributed by atoms with E-state index in [4.69, 9.17) is 10.5 Å². The number of likely N-dealkylation sites (tertiary alicyclic amines) is 1. The third-order valence-corrected chi connectivity index (χ3v) is 3.88. The molecule has 1 aliphatic heterocycles. The van der Waals surface area contributed by atoms with Crippen LogP contribution >= 0.6 is 0 Å². The second-order valence-electron chi connectivity index (χ2n) is 5.41. The van der Waals surface area contributed by atoms with Gasteiger partial charge in [-0.15, -0.1) is 0 Å². The number of imidazole rings is 1. The minimum atomic E-state index is 0.473. The summed E-state index contributed by atoms with van der Waals surface area (Å²) in [5.74, 6) is 1.53. The van der Waals surface area contributed by atoms with Crippen LogP contribution in [0.2, 0.25) is 0 Å². The van der Waals surface area contributed by atoms with Gasteiger partial charge in [-0.1, -0.05) is 0 Å². The lowest BCUT2D eigenvalue weighted by molar-refractivity contribution is 0.196. The first kappa shape index (κ1) is 13.1. The van der Waals surface area contributed by atoms with E-state index in [1.54, 1.807) is 7.11 Å². The minimum Gasteiger partial charge on any atom is -0.479 e. The molecule has 1 unspecified atom stereocenters. The molecule has 0 saturated carbocycles.